The normalized spacial score (nSPS) is 19.5. The van der Waals surface area contributed by atoms with Crippen LogP contribution in [0.4, 0.5) is 5.69 Å². The molecule has 1 aliphatic carbocycles. The lowest BCUT2D eigenvalue weighted by Crippen LogP contribution is -2.30. The molecule has 1 aromatic carbocycles. The summed E-state index contributed by atoms with van der Waals surface area (Å²) in [7, 11) is 0. The SMILES string of the molecule is Nc1ccccc1C(N)C1(C(=O)O)CC1. The van der Waals surface area contributed by atoms with Crippen LogP contribution in [0.3, 0.4) is 0 Å². The van der Waals surface area contributed by atoms with Crippen LogP contribution in [-0.2, 0) is 4.79 Å². The zero-order valence-corrected chi connectivity index (χ0v) is 8.31. The molecule has 1 atom stereocenters. The molecule has 80 valence electrons. The summed E-state index contributed by atoms with van der Waals surface area (Å²) in [6, 6.07) is 6.67. The second-order valence-corrected chi connectivity index (χ2v) is 4.07. The Kier molecular flexibility index (Phi) is 2.16. The molecule has 0 radical (unpaired) electrons. The van der Waals surface area contributed by atoms with Crippen molar-refractivity contribution < 1.29 is 9.90 Å². The average Bonchev–Trinajstić information content (AvgIpc) is 2.98. The molecule has 5 N–H and O–H groups in total. The first-order valence-corrected chi connectivity index (χ1v) is 4.91. The molecule has 0 spiro atoms. The van der Waals surface area contributed by atoms with Crippen molar-refractivity contribution in [1.82, 2.24) is 0 Å². The van der Waals surface area contributed by atoms with Crippen LogP contribution in [0, 0.1) is 5.41 Å². The number of para-hydroxylation sites is 1. The van der Waals surface area contributed by atoms with Crippen LogP contribution in [0.5, 0.6) is 0 Å². The molecule has 0 aromatic heterocycles. The second-order valence-electron chi connectivity index (χ2n) is 4.07. The van der Waals surface area contributed by atoms with Crippen molar-refractivity contribution >= 4 is 11.7 Å². The van der Waals surface area contributed by atoms with Crippen LogP contribution >= 0.6 is 0 Å². The van der Waals surface area contributed by atoms with Crippen molar-refractivity contribution in [2.24, 2.45) is 11.1 Å². The van der Waals surface area contributed by atoms with E-state index in [1.165, 1.54) is 0 Å². The number of nitrogen functional groups attached to an aromatic ring is 1. The van der Waals surface area contributed by atoms with Gasteiger partial charge in [0.25, 0.3) is 0 Å². The molecule has 1 fully saturated rings. The predicted molar refractivity (Wildman–Crippen MR) is 57.1 cm³/mol. The summed E-state index contributed by atoms with van der Waals surface area (Å²) in [4.78, 5) is 11.1. The molecule has 4 nitrogen and oxygen atoms in total. The van der Waals surface area contributed by atoms with Crippen LogP contribution in [0.1, 0.15) is 24.4 Å². The van der Waals surface area contributed by atoms with Crippen molar-refractivity contribution in [3.05, 3.63) is 29.8 Å². The molecular formula is C11H14N2O2. The third kappa shape index (κ3) is 1.47. The van der Waals surface area contributed by atoms with Gasteiger partial charge in [0.2, 0.25) is 0 Å². The van der Waals surface area contributed by atoms with Gasteiger partial charge in [-0.3, -0.25) is 4.79 Å². The first-order chi connectivity index (χ1) is 7.08. The summed E-state index contributed by atoms with van der Waals surface area (Å²) in [5.74, 6) is -0.821. The predicted octanol–water partition coefficient (Wildman–Crippen LogP) is 1.13. The lowest BCUT2D eigenvalue weighted by Gasteiger charge is -2.20. The van der Waals surface area contributed by atoms with Gasteiger partial charge in [0.1, 0.15) is 0 Å². The van der Waals surface area contributed by atoms with Crippen molar-refractivity contribution in [3.63, 3.8) is 0 Å². The molecule has 4 heteroatoms. The number of aliphatic carboxylic acids is 1. The monoisotopic (exact) mass is 206 g/mol. The van der Waals surface area contributed by atoms with Crippen LogP contribution in [-0.4, -0.2) is 11.1 Å². The average molecular weight is 206 g/mol. The maximum Gasteiger partial charge on any atom is 0.311 e. The van der Waals surface area contributed by atoms with E-state index in [2.05, 4.69) is 0 Å². The number of rotatable bonds is 3. The van der Waals surface area contributed by atoms with Gasteiger partial charge in [0.05, 0.1) is 5.41 Å². The van der Waals surface area contributed by atoms with E-state index < -0.39 is 17.4 Å². The summed E-state index contributed by atoms with van der Waals surface area (Å²) in [5.41, 5.74) is 12.3. The summed E-state index contributed by atoms with van der Waals surface area (Å²) < 4.78 is 0. The van der Waals surface area contributed by atoms with Crippen molar-refractivity contribution in [2.45, 2.75) is 18.9 Å². The van der Waals surface area contributed by atoms with Gasteiger partial charge in [-0.1, -0.05) is 18.2 Å². The van der Waals surface area contributed by atoms with Crippen molar-refractivity contribution in [3.8, 4) is 0 Å². The second kappa shape index (κ2) is 3.24. The highest BCUT2D eigenvalue weighted by Gasteiger charge is 2.55. The number of hydrogen-bond donors (Lipinski definition) is 3. The molecule has 2 rings (SSSR count). The quantitative estimate of drug-likeness (QED) is 0.647. The minimum Gasteiger partial charge on any atom is -0.481 e. The Balaban J connectivity index is 2.33. The van der Waals surface area contributed by atoms with Gasteiger partial charge < -0.3 is 16.6 Å². The fourth-order valence-corrected chi connectivity index (χ4v) is 1.88. The lowest BCUT2D eigenvalue weighted by atomic mass is 9.90. The van der Waals surface area contributed by atoms with Gasteiger partial charge >= 0.3 is 5.97 Å². The third-order valence-corrected chi connectivity index (χ3v) is 3.14. The molecule has 1 unspecified atom stereocenters. The van der Waals surface area contributed by atoms with Gasteiger partial charge in [-0.2, -0.15) is 0 Å². The molecule has 0 heterocycles. The van der Waals surface area contributed by atoms with E-state index in [1.807, 2.05) is 12.1 Å². The number of anilines is 1. The number of nitrogens with two attached hydrogens (primary N) is 2. The Morgan fingerprint density at radius 1 is 1.40 bits per heavy atom. The minimum absolute atomic E-state index is 0.504. The highest BCUT2D eigenvalue weighted by atomic mass is 16.4. The van der Waals surface area contributed by atoms with E-state index in [1.54, 1.807) is 12.1 Å². The van der Waals surface area contributed by atoms with Crippen LogP contribution in [0.25, 0.3) is 0 Å². The summed E-state index contributed by atoms with van der Waals surface area (Å²) in [6.07, 6.45) is 1.27. The Labute approximate surface area is 87.9 Å². The Hall–Kier alpha value is -1.55. The molecule has 1 aromatic rings. The topological polar surface area (TPSA) is 89.3 Å². The van der Waals surface area contributed by atoms with E-state index in [0.717, 1.165) is 5.56 Å². The first-order valence-electron chi connectivity index (χ1n) is 4.91. The standard InChI is InChI=1S/C11H14N2O2/c12-8-4-2-1-3-7(8)9(13)11(5-6-11)10(14)15/h1-4,9H,5-6,12-13H2,(H,14,15). The number of hydrogen-bond acceptors (Lipinski definition) is 3. The summed E-state index contributed by atoms with van der Waals surface area (Å²) in [5, 5.41) is 9.11. The smallest absolute Gasteiger partial charge is 0.311 e. The molecule has 0 aliphatic heterocycles. The number of benzene rings is 1. The van der Waals surface area contributed by atoms with E-state index in [0.29, 0.717) is 18.5 Å². The van der Waals surface area contributed by atoms with Crippen molar-refractivity contribution in [1.29, 1.82) is 0 Å². The molecule has 0 amide bonds. The van der Waals surface area contributed by atoms with Crippen LogP contribution < -0.4 is 11.5 Å². The number of carboxylic acids is 1. The fourth-order valence-electron chi connectivity index (χ4n) is 1.88. The lowest BCUT2D eigenvalue weighted by molar-refractivity contribution is -0.144. The summed E-state index contributed by atoms with van der Waals surface area (Å²) in [6.45, 7) is 0. The molecular weight excluding hydrogens is 192 g/mol. The number of carbonyl (C=O) groups is 1. The molecule has 15 heavy (non-hydrogen) atoms. The number of carboxylic acid groups (broad SMARTS) is 1. The van der Waals surface area contributed by atoms with E-state index in [4.69, 9.17) is 16.6 Å². The Bertz CT molecular complexity index is 399. The first kappa shape index (κ1) is 9.98. The van der Waals surface area contributed by atoms with E-state index >= 15 is 0 Å². The van der Waals surface area contributed by atoms with Gasteiger partial charge in [0, 0.05) is 11.7 Å². The van der Waals surface area contributed by atoms with Gasteiger partial charge in [-0.15, -0.1) is 0 Å². The highest BCUT2D eigenvalue weighted by Crippen LogP contribution is 2.54. The van der Waals surface area contributed by atoms with Gasteiger partial charge in [-0.05, 0) is 24.5 Å². The maximum atomic E-state index is 11.1. The van der Waals surface area contributed by atoms with Crippen LogP contribution in [0.2, 0.25) is 0 Å². The fraction of sp³-hybridized carbons (Fsp3) is 0.364. The molecule has 1 aliphatic rings. The largest absolute Gasteiger partial charge is 0.481 e. The Morgan fingerprint density at radius 2 is 2.00 bits per heavy atom. The Morgan fingerprint density at radius 3 is 2.47 bits per heavy atom. The van der Waals surface area contributed by atoms with Crippen molar-refractivity contribution in [2.75, 3.05) is 5.73 Å². The van der Waals surface area contributed by atoms with E-state index in [-0.39, 0.29) is 0 Å². The van der Waals surface area contributed by atoms with Gasteiger partial charge in [0.15, 0.2) is 0 Å². The zero-order valence-electron chi connectivity index (χ0n) is 8.31. The summed E-state index contributed by atoms with van der Waals surface area (Å²) >= 11 is 0. The molecule has 0 saturated heterocycles. The highest BCUT2D eigenvalue weighted by molar-refractivity contribution is 5.79. The molecule has 1 saturated carbocycles. The van der Waals surface area contributed by atoms with Crippen LogP contribution in [0.15, 0.2) is 24.3 Å². The van der Waals surface area contributed by atoms with E-state index in [9.17, 15) is 4.79 Å². The van der Waals surface area contributed by atoms with Gasteiger partial charge in [-0.25, -0.2) is 0 Å². The molecule has 0 bridgehead atoms. The zero-order chi connectivity index (χ0) is 11.1. The maximum absolute atomic E-state index is 11.1. The third-order valence-electron chi connectivity index (χ3n) is 3.14. The minimum atomic E-state index is -0.821.